The third kappa shape index (κ3) is 6.22. The maximum absolute atomic E-state index is 12.7. The summed E-state index contributed by atoms with van der Waals surface area (Å²) < 4.78 is 75.0. The molecule has 0 bridgehead atoms. The van der Waals surface area contributed by atoms with E-state index >= 15 is 0 Å². The zero-order valence-electron chi connectivity index (χ0n) is 16.3. The number of ether oxygens (including phenoxy) is 2. The standard InChI is InChI=1S/C20H20F3NO5S2/c21-20(22,23)16-2-1-3-17(14-16)30-13-12-29-19(25)15-4-6-18(7-5-15)31(26,27)24-8-10-28-11-9-24/h1-7,14H,8-13H2. The third-order valence-electron chi connectivity index (χ3n) is 4.44. The summed E-state index contributed by atoms with van der Waals surface area (Å²) in [6.07, 6.45) is -4.41. The number of esters is 1. The summed E-state index contributed by atoms with van der Waals surface area (Å²) in [4.78, 5) is 12.6. The molecule has 0 radical (unpaired) electrons. The molecule has 1 saturated heterocycles. The molecule has 11 heteroatoms. The molecular formula is C20H20F3NO5S2. The van der Waals surface area contributed by atoms with Crippen molar-refractivity contribution in [2.75, 3.05) is 38.7 Å². The molecule has 6 nitrogen and oxygen atoms in total. The lowest BCUT2D eigenvalue weighted by Crippen LogP contribution is -2.40. The SMILES string of the molecule is O=C(OCCSc1cccc(C(F)(F)F)c1)c1ccc(S(=O)(=O)N2CCOCC2)cc1. The van der Waals surface area contributed by atoms with Gasteiger partial charge in [0.05, 0.1) is 29.2 Å². The number of carbonyl (C=O) groups is 1. The van der Waals surface area contributed by atoms with E-state index in [0.717, 1.165) is 23.9 Å². The van der Waals surface area contributed by atoms with E-state index in [4.69, 9.17) is 9.47 Å². The Bertz CT molecular complexity index is 1000. The van der Waals surface area contributed by atoms with E-state index in [0.29, 0.717) is 18.1 Å². The maximum atomic E-state index is 12.7. The first-order valence-electron chi connectivity index (χ1n) is 9.33. The highest BCUT2D eigenvalue weighted by molar-refractivity contribution is 7.99. The first kappa shape index (κ1) is 23.6. The molecule has 0 spiro atoms. The minimum Gasteiger partial charge on any atom is -0.461 e. The lowest BCUT2D eigenvalue weighted by atomic mass is 10.2. The van der Waals surface area contributed by atoms with Crippen LogP contribution in [0.4, 0.5) is 13.2 Å². The topological polar surface area (TPSA) is 72.9 Å². The van der Waals surface area contributed by atoms with Crippen LogP contribution in [-0.4, -0.2) is 57.4 Å². The van der Waals surface area contributed by atoms with E-state index in [-0.39, 0.29) is 35.9 Å². The second-order valence-electron chi connectivity index (χ2n) is 6.55. The van der Waals surface area contributed by atoms with E-state index < -0.39 is 27.7 Å². The molecule has 0 atom stereocenters. The van der Waals surface area contributed by atoms with Crippen LogP contribution in [0.5, 0.6) is 0 Å². The molecule has 1 aliphatic heterocycles. The summed E-state index contributed by atoms with van der Waals surface area (Å²) in [6.45, 7) is 1.21. The van der Waals surface area contributed by atoms with Gasteiger partial charge in [-0.15, -0.1) is 11.8 Å². The molecule has 3 rings (SSSR count). The van der Waals surface area contributed by atoms with Crippen LogP contribution in [-0.2, 0) is 25.7 Å². The van der Waals surface area contributed by atoms with Crippen molar-refractivity contribution in [2.45, 2.75) is 16.0 Å². The Hall–Kier alpha value is -2.08. The number of thioether (sulfide) groups is 1. The number of morpholine rings is 1. The number of alkyl halides is 3. The Kier molecular flexibility index (Phi) is 7.63. The van der Waals surface area contributed by atoms with E-state index in [1.54, 1.807) is 6.07 Å². The fraction of sp³-hybridized carbons (Fsp3) is 0.350. The number of halogens is 3. The van der Waals surface area contributed by atoms with Crippen LogP contribution in [0, 0.1) is 0 Å². The first-order valence-corrected chi connectivity index (χ1v) is 11.8. The monoisotopic (exact) mass is 475 g/mol. The number of nitrogens with zero attached hydrogens (tertiary/aromatic N) is 1. The van der Waals surface area contributed by atoms with Gasteiger partial charge in [0.1, 0.15) is 6.61 Å². The summed E-state index contributed by atoms with van der Waals surface area (Å²) >= 11 is 1.14. The van der Waals surface area contributed by atoms with Crippen molar-refractivity contribution < 1.29 is 35.9 Å². The average Bonchev–Trinajstić information content (AvgIpc) is 2.77. The summed E-state index contributed by atoms with van der Waals surface area (Å²) in [5.74, 6) is -0.365. The fourth-order valence-corrected chi connectivity index (χ4v) is 5.03. The maximum Gasteiger partial charge on any atom is 0.416 e. The van der Waals surface area contributed by atoms with Crippen LogP contribution in [0.25, 0.3) is 0 Å². The highest BCUT2D eigenvalue weighted by Gasteiger charge is 2.30. The molecule has 1 heterocycles. The highest BCUT2D eigenvalue weighted by atomic mass is 32.2. The van der Waals surface area contributed by atoms with Crippen molar-refractivity contribution in [3.8, 4) is 0 Å². The molecule has 2 aromatic carbocycles. The minimum atomic E-state index is -4.41. The van der Waals surface area contributed by atoms with Crippen molar-refractivity contribution in [1.29, 1.82) is 0 Å². The van der Waals surface area contributed by atoms with Crippen molar-refractivity contribution in [2.24, 2.45) is 0 Å². The Balaban J connectivity index is 1.51. The van der Waals surface area contributed by atoms with Crippen molar-refractivity contribution in [1.82, 2.24) is 4.31 Å². The molecule has 168 valence electrons. The van der Waals surface area contributed by atoms with E-state index in [1.807, 2.05) is 0 Å². The molecular weight excluding hydrogens is 455 g/mol. The largest absolute Gasteiger partial charge is 0.461 e. The van der Waals surface area contributed by atoms with Gasteiger partial charge < -0.3 is 9.47 Å². The minimum absolute atomic E-state index is 0.00638. The predicted molar refractivity (Wildman–Crippen MR) is 108 cm³/mol. The van der Waals surface area contributed by atoms with Gasteiger partial charge in [0, 0.05) is 23.7 Å². The predicted octanol–water partition coefficient (Wildman–Crippen LogP) is 3.68. The normalized spacial score (nSPS) is 15.6. The summed E-state index contributed by atoms with van der Waals surface area (Å²) in [6, 6.07) is 10.3. The van der Waals surface area contributed by atoms with Crippen molar-refractivity contribution in [3.05, 3.63) is 59.7 Å². The average molecular weight is 476 g/mol. The number of sulfonamides is 1. The Morgan fingerprint density at radius 3 is 2.42 bits per heavy atom. The van der Waals surface area contributed by atoms with E-state index in [9.17, 15) is 26.4 Å². The van der Waals surface area contributed by atoms with Crippen LogP contribution < -0.4 is 0 Å². The summed E-state index contributed by atoms with van der Waals surface area (Å²) in [5, 5.41) is 0. The quantitative estimate of drug-likeness (QED) is 0.346. The molecule has 31 heavy (non-hydrogen) atoms. The molecule has 0 unspecified atom stereocenters. The van der Waals surface area contributed by atoms with Crippen LogP contribution >= 0.6 is 11.8 Å². The Morgan fingerprint density at radius 1 is 1.10 bits per heavy atom. The van der Waals surface area contributed by atoms with E-state index in [1.165, 1.54) is 34.6 Å². The highest BCUT2D eigenvalue weighted by Crippen LogP contribution is 2.31. The Labute approximate surface area is 182 Å². The molecule has 0 saturated carbocycles. The Morgan fingerprint density at radius 2 is 1.77 bits per heavy atom. The molecule has 0 aliphatic carbocycles. The van der Waals surface area contributed by atoms with Gasteiger partial charge in [-0.3, -0.25) is 0 Å². The second-order valence-corrected chi connectivity index (χ2v) is 9.66. The van der Waals surface area contributed by atoms with Crippen LogP contribution in [0.1, 0.15) is 15.9 Å². The van der Waals surface area contributed by atoms with Crippen molar-refractivity contribution >= 4 is 27.8 Å². The molecule has 2 aromatic rings. The van der Waals surface area contributed by atoms with Gasteiger partial charge in [0.25, 0.3) is 0 Å². The van der Waals surface area contributed by atoms with Gasteiger partial charge in [-0.05, 0) is 42.5 Å². The fourth-order valence-electron chi connectivity index (χ4n) is 2.84. The van der Waals surface area contributed by atoms with Gasteiger partial charge in [-0.1, -0.05) is 6.07 Å². The molecule has 0 aromatic heterocycles. The van der Waals surface area contributed by atoms with E-state index in [2.05, 4.69) is 0 Å². The summed E-state index contributed by atoms with van der Waals surface area (Å²) in [5.41, 5.74) is -0.549. The van der Waals surface area contributed by atoms with Crippen LogP contribution in [0.15, 0.2) is 58.3 Å². The van der Waals surface area contributed by atoms with Crippen LogP contribution in [0.3, 0.4) is 0 Å². The first-order chi connectivity index (χ1) is 14.7. The lowest BCUT2D eigenvalue weighted by molar-refractivity contribution is -0.137. The van der Waals surface area contributed by atoms with Crippen molar-refractivity contribution in [3.63, 3.8) is 0 Å². The number of hydrogen-bond acceptors (Lipinski definition) is 6. The number of hydrogen-bond donors (Lipinski definition) is 0. The summed E-state index contributed by atoms with van der Waals surface area (Å²) in [7, 11) is -3.65. The lowest BCUT2D eigenvalue weighted by Gasteiger charge is -2.26. The third-order valence-corrected chi connectivity index (χ3v) is 7.32. The molecule has 0 N–H and O–H groups in total. The number of rotatable bonds is 7. The second kappa shape index (κ2) is 10.0. The van der Waals surface area contributed by atoms with Gasteiger partial charge in [-0.25, -0.2) is 13.2 Å². The zero-order chi connectivity index (χ0) is 22.5. The molecule has 1 fully saturated rings. The number of carbonyl (C=O) groups excluding carboxylic acids is 1. The van der Waals surface area contributed by atoms with Crippen LogP contribution in [0.2, 0.25) is 0 Å². The van der Waals surface area contributed by atoms with Gasteiger partial charge in [-0.2, -0.15) is 17.5 Å². The zero-order valence-corrected chi connectivity index (χ0v) is 17.9. The van der Waals surface area contributed by atoms with Gasteiger partial charge in [0.2, 0.25) is 10.0 Å². The number of benzene rings is 2. The molecule has 1 aliphatic rings. The van der Waals surface area contributed by atoms with Gasteiger partial charge in [0.15, 0.2) is 0 Å². The molecule has 0 amide bonds. The smallest absolute Gasteiger partial charge is 0.416 e. The van der Waals surface area contributed by atoms with Gasteiger partial charge >= 0.3 is 12.1 Å².